The molecule has 1 aliphatic heterocycles. The fourth-order valence-electron chi connectivity index (χ4n) is 2.80. The van der Waals surface area contributed by atoms with E-state index in [1.165, 1.54) is 0 Å². The number of carbonyl (C=O) groups is 1. The maximum absolute atomic E-state index is 12.6. The van der Waals surface area contributed by atoms with E-state index in [-0.39, 0.29) is 17.4 Å². The van der Waals surface area contributed by atoms with Crippen LogP contribution >= 0.6 is 0 Å². The van der Waals surface area contributed by atoms with Crippen molar-refractivity contribution >= 4 is 5.91 Å². The Morgan fingerprint density at radius 3 is 3.00 bits per heavy atom. The van der Waals surface area contributed by atoms with Gasteiger partial charge >= 0.3 is 0 Å². The fourth-order valence-corrected chi connectivity index (χ4v) is 2.80. The number of aromatic nitrogens is 1. The number of hydrogen-bond acceptors (Lipinski definition) is 3. The predicted molar refractivity (Wildman–Crippen MR) is 75.6 cm³/mol. The number of carbonyl (C=O) groups excluding carboxylic acids is 1. The van der Waals surface area contributed by atoms with E-state index in [2.05, 4.69) is 22.5 Å². The zero-order chi connectivity index (χ0) is 13.7. The molecule has 4 nitrogen and oxygen atoms in total. The molecule has 1 aromatic rings. The van der Waals surface area contributed by atoms with Gasteiger partial charge < -0.3 is 10.6 Å². The summed E-state index contributed by atoms with van der Waals surface area (Å²) >= 11 is 0. The predicted octanol–water partition coefficient (Wildman–Crippen LogP) is 2.04. The standard InChI is InChI=1S/C15H23N3O/c1-3-7-15(8-10-16-11-15)14(19)18-12(2)13-6-4-5-9-17-13/h4-6,9,12,16H,3,7-8,10-11H2,1-2H3,(H,18,19). The van der Waals surface area contributed by atoms with Gasteiger partial charge in [-0.25, -0.2) is 0 Å². The third-order valence-corrected chi connectivity index (χ3v) is 3.93. The average Bonchev–Trinajstić information content (AvgIpc) is 2.90. The third kappa shape index (κ3) is 3.13. The van der Waals surface area contributed by atoms with Gasteiger partial charge in [0.15, 0.2) is 0 Å². The van der Waals surface area contributed by atoms with Gasteiger partial charge in [-0.05, 0) is 38.4 Å². The zero-order valence-corrected chi connectivity index (χ0v) is 11.8. The van der Waals surface area contributed by atoms with Gasteiger partial charge in [-0.2, -0.15) is 0 Å². The SMILES string of the molecule is CCCC1(C(=O)NC(C)c2ccccn2)CCNC1. The van der Waals surface area contributed by atoms with Gasteiger partial charge in [-0.15, -0.1) is 0 Å². The van der Waals surface area contributed by atoms with Crippen LogP contribution in [0.2, 0.25) is 0 Å². The summed E-state index contributed by atoms with van der Waals surface area (Å²) in [6, 6.07) is 5.74. The summed E-state index contributed by atoms with van der Waals surface area (Å²) in [5.41, 5.74) is 0.686. The molecule has 0 bridgehead atoms. The molecule has 1 aromatic heterocycles. The molecule has 19 heavy (non-hydrogen) atoms. The molecule has 104 valence electrons. The Hall–Kier alpha value is -1.42. The summed E-state index contributed by atoms with van der Waals surface area (Å²) < 4.78 is 0. The molecule has 4 heteroatoms. The average molecular weight is 261 g/mol. The normalized spacial score (nSPS) is 24.1. The minimum absolute atomic E-state index is 0.0389. The molecule has 0 radical (unpaired) electrons. The molecule has 2 atom stereocenters. The number of rotatable bonds is 5. The molecule has 1 amide bonds. The molecule has 1 aliphatic rings. The molecular formula is C15H23N3O. The minimum Gasteiger partial charge on any atom is -0.347 e. The fraction of sp³-hybridized carbons (Fsp3) is 0.600. The number of amides is 1. The lowest BCUT2D eigenvalue weighted by Crippen LogP contribution is -2.43. The molecular weight excluding hydrogens is 238 g/mol. The van der Waals surface area contributed by atoms with Crippen molar-refractivity contribution in [3.8, 4) is 0 Å². The van der Waals surface area contributed by atoms with Crippen LogP contribution < -0.4 is 10.6 Å². The van der Waals surface area contributed by atoms with Crippen LogP contribution in [0, 0.1) is 5.41 Å². The first kappa shape index (κ1) is 14.0. The third-order valence-electron chi connectivity index (χ3n) is 3.93. The van der Waals surface area contributed by atoms with Crippen molar-refractivity contribution in [2.45, 2.75) is 39.2 Å². The largest absolute Gasteiger partial charge is 0.347 e. The minimum atomic E-state index is -0.224. The summed E-state index contributed by atoms with van der Waals surface area (Å²) in [6.07, 6.45) is 4.67. The lowest BCUT2D eigenvalue weighted by Gasteiger charge is -2.28. The van der Waals surface area contributed by atoms with Crippen molar-refractivity contribution in [2.75, 3.05) is 13.1 Å². The smallest absolute Gasteiger partial charge is 0.228 e. The molecule has 0 aliphatic carbocycles. The van der Waals surface area contributed by atoms with Crippen LogP contribution in [-0.2, 0) is 4.79 Å². The Balaban J connectivity index is 2.03. The maximum atomic E-state index is 12.6. The second kappa shape index (κ2) is 6.15. The van der Waals surface area contributed by atoms with Gasteiger partial charge in [0.2, 0.25) is 5.91 Å². The van der Waals surface area contributed by atoms with Crippen molar-refractivity contribution in [1.29, 1.82) is 0 Å². The van der Waals surface area contributed by atoms with Gasteiger partial charge in [0, 0.05) is 12.7 Å². The maximum Gasteiger partial charge on any atom is 0.228 e. The highest BCUT2D eigenvalue weighted by Crippen LogP contribution is 2.32. The van der Waals surface area contributed by atoms with Crippen LogP contribution in [0.5, 0.6) is 0 Å². The molecule has 2 rings (SSSR count). The Bertz CT molecular complexity index is 413. The van der Waals surface area contributed by atoms with Crippen LogP contribution in [0.4, 0.5) is 0 Å². The van der Waals surface area contributed by atoms with Gasteiger partial charge in [0.1, 0.15) is 0 Å². The molecule has 1 saturated heterocycles. The van der Waals surface area contributed by atoms with Crippen molar-refractivity contribution < 1.29 is 4.79 Å². The monoisotopic (exact) mass is 261 g/mol. The summed E-state index contributed by atoms with van der Waals surface area (Å²) in [5.74, 6) is 0.164. The summed E-state index contributed by atoms with van der Waals surface area (Å²) in [7, 11) is 0. The zero-order valence-electron chi connectivity index (χ0n) is 11.8. The van der Waals surface area contributed by atoms with Gasteiger partial charge in [0.25, 0.3) is 0 Å². The van der Waals surface area contributed by atoms with Crippen LogP contribution in [0.3, 0.4) is 0 Å². The molecule has 2 heterocycles. The van der Waals surface area contributed by atoms with E-state index in [4.69, 9.17) is 0 Å². The van der Waals surface area contributed by atoms with Crippen LogP contribution in [0.25, 0.3) is 0 Å². The van der Waals surface area contributed by atoms with Crippen molar-refractivity contribution in [2.24, 2.45) is 5.41 Å². The van der Waals surface area contributed by atoms with E-state index in [0.717, 1.165) is 38.0 Å². The van der Waals surface area contributed by atoms with Crippen molar-refractivity contribution in [1.82, 2.24) is 15.6 Å². The molecule has 2 N–H and O–H groups in total. The highest BCUT2D eigenvalue weighted by molar-refractivity contribution is 5.83. The first-order valence-corrected chi connectivity index (χ1v) is 7.10. The van der Waals surface area contributed by atoms with Gasteiger partial charge in [-0.1, -0.05) is 19.4 Å². The lowest BCUT2D eigenvalue weighted by molar-refractivity contribution is -0.131. The Kier molecular flexibility index (Phi) is 4.53. The molecule has 0 spiro atoms. The van der Waals surface area contributed by atoms with Crippen LogP contribution in [0.15, 0.2) is 24.4 Å². The van der Waals surface area contributed by atoms with Crippen molar-refractivity contribution in [3.63, 3.8) is 0 Å². The Morgan fingerprint density at radius 2 is 2.42 bits per heavy atom. The van der Waals surface area contributed by atoms with E-state index in [0.29, 0.717) is 0 Å². The van der Waals surface area contributed by atoms with Crippen molar-refractivity contribution in [3.05, 3.63) is 30.1 Å². The Labute approximate surface area is 115 Å². The van der Waals surface area contributed by atoms with Gasteiger partial charge in [0.05, 0.1) is 17.2 Å². The number of nitrogens with zero attached hydrogens (tertiary/aromatic N) is 1. The van der Waals surface area contributed by atoms with E-state index in [1.54, 1.807) is 6.20 Å². The van der Waals surface area contributed by atoms with E-state index in [1.807, 2.05) is 25.1 Å². The molecule has 0 aromatic carbocycles. The molecule has 2 unspecified atom stereocenters. The molecule has 1 fully saturated rings. The first-order valence-electron chi connectivity index (χ1n) is 7.10. The lowest BCUT2D eigenvalue weighted by atomic mass is 9.81. The number of pyridine rings is 1. The quantitative estimate of drug-likeness (QED) is 0.853. The van der Waals surface area contributed by atoms with E-state index >= 15 is 0 Å². The van der Waals surface area contributed by atoms with Gasteiger partial charge in [-0.3, -0.25) is 9.78 Å². The number of nitrogens with one attached hydrogen (secondary N) is 2. The highest BCUT2D eigenvalue weighted by atomic mass is 16.2. The molecule has 0 saturated carbocycles. The summed E-state index contributed by atoms with van der Waals surface area (Å²) in [5, 5.41) is 6.44. The number of hydrogen-bond donors (Lipinski definition) is 2. The van der Waals surface area contributed by atoms with Crippen LogP contribution in [0.1, 0.15) is 44.8 Å². The topological polar surface area (TPSA) is 54.0 Å². The van der Waals surface area contributed by atoms with E-state index in [9.17, 15) is 4.79 Å². The Morgan fingerprint density at radius 1 is 1.58 bits per heavy atom. The first-order chi connectivity index (χ1) is 9.18. The van der Waals surface area contributed by atoms with Crippen LogP contribution in [-0.4, -0.2) is 24.0 Å². The second-order valence-electron chi connectivity index (χ2n) is 5.41. The summed E-state index contributed by atoms with van der Waals surface area (Å²) in [4.78, 5) is 16.9. The highest BCUT2D eigenvalue weighted by Gasteiger charge is 2.40. The van der Waals surface area contributed by atoms with E-state index < -0.39 is 0 Å². The summed E-state index contributed by atoms with van der Waals surface area (Å²) in [6.45, 7) is 5.85. The second-order valence-corrected chi connectivity index (χ2v) is 5.41.